The number of H-pyrrole nitrogens is 1. The second-order valence-electron chi connectivity index (χ2n) is 5.17. The SMILES string of the molecule is O=C(NCc1cnc(-c2ccccc2)[nH]1)c1nc2cnccc2s1. The van der Waals surface area contributed by atoms with Crippen LogP contribution in [0.15, 0.2) is 55.0 Å². The monoisotopic (exact) mass is 335 g/mol. The number of hydrogen-bond acceptors (Lipinski definition) is 5. The highest BCUT2D eigenvalue weighted by molar-refractivity contribution is 7.20. The fourth-order valence-electron chi connectivity index (χ4n) is 2.32. The van der Waals surface area contributed by atoms with Crippen LogP contribution in [0.1, 0.15) is 15.5 Å². The summed E-state index contributed by atoms with van der Waals surface area (Å²) in [5, 5.41) is 3.29. The summed E-state index contributed by atoms with van der Waals surface area (Å²) in [5.74, 6) is 0.581. The predicted octanol–water partition coefficient (Wildman–Crippen LogP) is 3.01. The lowest BCUT2D eigenvalue weighted by atomic mass is 10.2. The number of pyridine rings is 1. The van der Waals surface area contributed by atoms with Crippen LogP contribution in [-0.4, -0.2) is 25.8 Å². The number of nitrogens with one attached hydrogen (secondary N) is 2. The molecule has 0 unspecified atom stereocenters. The van der Waals surface area contributed by atoms with Crippen molar-refractivity contribution in [2.45, 2.75) is 6.54 Å². The van der Waals surface area contributed by atoms with Crippen molar-refractivity contribution in [3.8, 4) is 11.4 Å². The molecule has 0 aliphatic heterocycles. The van der Waals surface area contributed by atoms with Gasteiger partial charge in [-0.25, -0.2) is 9.97 Å². The number of imidazole rings is 1. The van der Waals surface area contributed by atoms with Crippen molar-refractivity contribution in [1.82, 2.24) is 25.3 Å². The molecule has 0 bridgehead atoms. The Kier molecular flexibility index (Phi) is 3.76. The number of aromatic amines is 1. The molecule has 24 heavy (non-hydrogen) atoms. The second kappa shape index (κ2) is 6.21. The average molecular weight is 335 g/mol. The first-order chi connectivity index (χ1) is 11.8. The van der Waals surface area contributed by atoms with Crippen LogP contribution in [0.5, 0.6) is 0 Å². The number of nitrogens with zero attached hydrogens (tertiary/aromatic N) is 3. The van der Waals surface area contributed by atoms with Crippen molar-refractivity contribution >= 4 is 27.5 Å². The van der Waals surface area contributed by atoms with Gasteiger partial charge in [0, 0.05) is 11.8 Å². The standard InChI is InChI=1S/C17H13N5OS/c23-16(17-22-13-10-18-7-6-14(13)24-17)20-9-12-8-19-15(21-12)11-4-2-1-3-5-11/h1-8,10H,9H2,(H,19,21)(H,20,23). The molecule has 0 spiro atoms. The molecule has 0 radical (unpaired) electrons. The minimum Gasteiger partial charge on any atom is -0.344 e. The summed E-state index contributed by atoms with van der Waals surface area (Å²) in [6, 6.07) is 11.7. The van der Waals surface area contributed by atoms with Gasteiger partial charge >= 0.3 is 0 Å². The van der Waals surface area contributed by atoms with Crippen LogP contribution in [0, 0.1) is 0 Å². The Bertz CT molecular complexity index is 959. The van der Waals surface area contributed by atoms with Gasteiger partial charge in [0.15, 0.2) is 5.01 Å². The van der Waals surface area contributed by atoms with E-state index in [1.54, 1.807) is 18.6 Å². The number of rotatable bonds is 4. The molecule has 2 N–H and O–H groups in total. The van der Waals surface area contributed by atoms with Gasteiger partial charge in [-0.05, 0) is 6.07 Å². The summed E-state index contributed by atoms with van der Waals surface area (Å²) in [4.78, 5) is 28.1. The van der Waals surface area contributed by atoms with E-state index in [0.717, 1.165) is 27.3 Å². The summed E-state index contributed by atoms with van der Waals surface area (Å²) in [5.41, 5.74) is 2.58. The summed E-state index contributed by atoms with van der Waals surface area (Å²) >= 11 is 1.35. The zero-order valence-electron chi connectivity index (χ0n) is 12.6. The third kappa shape index (κ3) is 2.89. The Labute approximate surface area is 141 Å². The van der Waals surface area contributed by atoms with Crippen LogP contribution in [0.4, 0.5) is 0 Å². The van der Waals surface area contributed by atoms with Gasteiger partial charge in [0.05, 0.1) is 29.3 Å². The molecule has 4 aromatic rings. The molecule has 6 nitrogen and oxygen atoms in total. The molecular formula is C17H13N5OS. The van der Waals surface area contributed by atoms with E-state index in [9.17, 15) is 4.79 Å². The zero-order chi connectivity index (χ0) is 16.4. The molecule has 118 valence electrons. The molecule has 0 aliphatic rings. The number of carbonyl (C=O) groups excluding carboxylic acids is 1. The van der Waals surface area contributed by atoms with E-state index in [0.29, 0.717) is 11.6 Å². The number of fused-ring (bicyclic) bond motifs is 1. The normalized spacial score (nSPS) is 10.8. The molecule has 0 aliphatic carbocycles. The van der Waals surface area contributed by atoms with Gasteiger partial charge < -0.3 is 10.3 Å². The Hall–Kier alpha value is -3.06. The number of carbonyl (C=O) groups is 1. The van der Waals surface area contributed by atoms with Crippen molar-refractivity contribution in [2.75, 3.05) is 0 Å². The minimum atomic E-state index is -0.202. The highest BCUT2D eigenvalue weighted by atomic mass is 32.1. The van der Waals surface area contributed by atoms with Crippen LogP contribution in [0.3, 0.4) is 0 Å². The van der Waals surface area contributed by atoms with E-state index < -0.39 is 0 Å². The van der Waals surface area contributed by atoms with E-state index in [-0.39, 0.29) is 5.91 Å². The Morgan fingerprint density at radius 1 is 1.17 bits per heavy atom. The number of aromatic nitrogens is 4. The summed E-state index contributed by atoms with van der Waals surface area (Å²) in [6.45, 7) is 0.368. The number of thiazole rings is 1. The van der Waals surface area contributed by atoms with Crippen molar-refractivity contribution in [1.29, 1.82) is 0 Å². The number of hydrogen-bond donors (Lipinski definition) is 2. The first-order valence-electron chi connectivity index (χ1n) is 7.37. The van der Waals surface area contributed by atoms with Crippen LogP contribution in [-0.2, 0) is 6.54 Å². The third-order valence-electron chi connectivity index (χ3n) is 3.50. The van der Waals surface area contributed by atoms with Crippen molar-refractivity contribution in [3.05, 3.63) is 65.7 Å². The molecule has 0 saturated heterocycles. The topological polar surface area (TPSA) is 83.6 Å². The Balaban J connectivity index is 1.45. The number of amides is 1. The van der Waals surface area contributed by atoms with E-state index in [1.165, 1.54) is 11.3 Å². The minimum absolute atomic E-state index is 0.202. The van der Waals surface area contributed by atoms with Gasteiger partial charge in [-0.15, -0.1) is 11.3 Å². The molecule has 1 aromatic carbocycles. The molecule has 3 heterocycles. The smallest absolute Gasteiger partial charge is 0.280 e. The van der Waals surface area contributed by atoms with Crippen LogP contribution >= 0.6 is 11.3 Å². The highest BCUT2D eigenvalue weighted by Gasteiger charge is 2.12. The molecule has 1 amide bonds. The van der Waals surface area contributed by atoms with E-state index >= 15 is 0 Å². The quantitative estimate of drug-likeness (QED) is 0.600. The van der Waals surface area contributed by atoms with Crippen molar-refractivity contribution in [3.63, 3.8) is 0 Å². The van der Waals surface area contributed by atoms with Gasteiger partial charge in [0.1, 0.15) is 11.3 Å². The number of benzene rings is 1. The largest absolute Gasteiger partial charge is 0.344 e. The maximum absolute atomic E-state index is 12.2. The lowest BCUT2D eigenvalue weighted by Crippen LogP contribution is -2.22. The zero-order valence-corrected chi connectivity index (χ0v) is 13.4. The molecule has 4 rings (SSSR count). The van der Waals surface area contributed by atoms with Crippen LogP contribution in [0.25, 0.3) is 21.6 Å². The fraction of sp³-hybridized carbons (Fsp3) is 0.0588. The van der Waals surface area contributed by atoms with Gasteiger partial charge in [-0.3, -0.25) is 9.78 Å². The molecule has 0 atom stereocenters. The molecular weight excluding hydrogens is 322 g/mol. The molecule has 7 heteroatoms. The molecule has 0 saturated carbocycles. The lowest BCUT2D eigenvalue weighted by Gasteiger charge is -2.00. The van der Waals surface area contributed by atoms with Crippen molar-refractivity contribution < 1.29 is 4.79 Å². The highest BCUT2D eigenvalue weighted by Crippen LogP contribution is 2.20. The van der Waals surface area contributed by atoms with Crippen molar-refractivity contribution in [2.24, 2.45) is 0 Å². The Morgan fingerprint density at radius 2 is 2.04 bits per heavy atom. The Morgan fingerprint density at radius 3 is 2.88 bits per heavy atom. The summed E-state index contributed by atoms with van der Waals surface area (Å²) < 4.78 is 0.947. The first kappa shape index (κ1) is 14.5. The summed E-state index contributed by atoms with van der Waals surface area (Å²) in [6.07, 6.45) is 5.08. The van der Waals surface area contributed by atoms with Gasteiger partial charge in [0.2, 0.25) is 0 Å². The second-order valence-corrected chi connectivity index (χ2v) is 6.20. The lowest BCUT2D eigenvalue weighted by molar-refractivity contribution is 0.0950. The average Bonchev–Trinajstić information content (AvgIpc) is 3.27. The van der Waals surface area contributed by atoms with Crippen LogP contribution in [0.2, 0.25) is 0 Å². The molecule has 3 aromatic heterocycles. The first-order valence-corrected chi connectivity index (χ1v) is 8.19. The maximum Gasteiger partial charge on any atom is 0.280 e. The maximum atomic E-state index is 12.2. The fourth-order valence-corrected chi connectivity index (χ4v) is 3.17. The van der Waals surface area contributed by atoms with Crippen LogP contribution < -0.4 is 5.32 Å². The van der Waals surface area contributed by atoms with Gasteiger partial charge in [-0.1, -0.05) is 30.3 Å². The van der Waals surface area contributed by atoms with Gasteiger partial charge in [0.25, 0.3) is 5.91 Å². The van der Waals surface area contributed by atoms with E-state index in [4.69, 9.17) is 0 Å². The van der Waals surface area contributed by atoms with E-state index in [2.05, 4.69) is 25.3 Å². The van der Waals surface area contributed by atoms with E-state index in [1.807, 2.05) is 36.4 Å². The summed E-state index contributed by atoms with van der Waals surface area (Å²) in [7, 11) is 0. The predicted molar refractivity (Wildman–Crippen MR) is 92.6 cm³/mol. The third-order valence-corrected chi connectivity index (χ3v) is 4.53. The molecule has 0 fully saturated rings. The van der Waals surface area contributed by atoms with Gasteiger partial charge in [-0.2, -0.15) is 0 Å².